The Morgan fingerprint density at radius 2 is 1.95 bits per heavy atom. The minimum Gasteiger partial charge on any atom is -0.263 e. The van der Waals surface area contributed by atoms with E-state index in [1.807, 2.05) is 6.20 Å². The van der Waals surface area contributed by atoms with Gasteiger partial charge in [0, 0.05) is 12.4 Å². The van der Waals surface area contributed by atoms with Crippen molar-refractivity contribution >= 4 is 0 Å². The van der Waals surface area contributed by atoms with Gasteiger partial charge in [0.1, 0.15) is 6.07 Å². The first-order valence-corrected chi connectivity index (χ1v) is 7.65. The van der Waals surface area contributed by atoms with Gasteiger partial charge in [-0.25, -0.2) is 0 Å². The van der Waals surface area contributed by atoms with Gasteiger partial charge in [-0.15, -0.1) is 0 Å². The molecule has 1 heterocycles. The van der Waals surface area contributed by atoms with Crippen LogP contribution in [0.4, 0.5) is 0 Å². The maximum atomic E-state index is 9.18. The molecule has 2 heteroatoms. The predicted octanol–water partition coefficient (Wildman–Crippen LogP) is 4.98. The summed E-state index contributed by atoms with van der Waals surface area (Å²) in [4.78, 5) is 4.25. The third-order valence-electron chi connectivity index (χ3n) is 3.90. The van der Waals surface area contributed by atoms with E-state index >= 15 is 0 Å². The average molecular weight is 258 g/mol. The second-order valence-electron chi connectivity index (χ2n) is 5.17. The first-order valence-electron chi connectivity index (χ1n) is 7.65. The van der Waals surface area contributed by atoms with Crippen LogP contribution in [0.2, 0.25) is 0 Å². The summed E-state index contributed by atoms with van der Waals surface area (Å²) in [5.41, 5.74) is 3.27. The zero-order valence-electron chi connectivity index (χ0n) is 12.6. The van der Waals surface area contributed by atoms with Gasteiger partial charge in [0.05, 0.1) is 5.56 Å². The van der Waals surface area contributed by atoms with Crippen LogP contribution in [0, 0.1) is 11.3 Å². The molecule has 0 aromatic carbocycles. The molecule has 1 atom stereocenters. The fourth-order valence-corrected chi connectivity index (χ4v) is 2.74. The van der Waals surface area contributed by atoms with E-state index in [0.717, 1.165) is 18.4 Å². The zero-order valence-corrected chi connectivity index (χ0v) is 12.6. The molecule has 0 amide bonds. The minimum absolute atomic E-state index is 0.563. The Bertz CT molecular complexity index is 418. The monoisotopic (exact) mass is 258 g/mol. The van der Waals surface area contributed by atoms with Crippen molar-refractivity contribution in [2.45, 2.75) is 71.6 Å². The molecule has 0 aliphatic rings. The molecule has 1 aromatic heterocycles. The lowest BCUT2D eigenvalue weighted by Gasteiger charge is -2.19. The summed E-state index contributed by atoms with van der Waals surface area (Å²) in [6, 6.07) is 2.28. The number of hydrogen-bond donors (Lipinski definition) is 0. The molecule has 0 saturated carbocycles. The van der Waals surface area contributed by atoms with E-state index in [1.165, 1.54) is 43.2 Å². The van der Waals surface area contributed by atoms with Crippen LogP contribution in [-0.4, -0.2) is 4.98 Å². The number of rotatable bonds is 8. The van der Waals surface area contributed by atoms with Gasteiger partial charge in [0.15, 0.2) is 0 Å². The summed E-state index contributed by atoms with van der Waals surface area (Å²) in [5.74, 6) is 0.563. The van der Waals surface area contributed by atoms with Gasteiger partial charge in [-0.05, 0) is 36.3 Å². The summed E-state index contributed by atoms with van der Waals surface area (Å²) >= 11 is 0. The third-order valence-corrected chi connectivity index (χ3v) is 3.90. The van der Waals surface area contributed by atoms with Crippen LogP contribution in [-0.2, 0) is 6.42 Å². The number of unbranched alkanes of at least 4 members (excludes halogenated alkanes) is 3. The van der Waals surface area contributed by atoms with Crippen molar-refractivity contribution < 1.29 is 0 Å². The van der Waals surface area contributed by atoms with E-state index in [1.54, 1.807) is 6.20 Å². The molecule has 1 aromatic rings. The number of aromatic nitrogens is 1. The van der Waals surface area contributed by atoms with Crippen molar-refractivity contribution in [1.82, 2.24) is 4.98 Å². The van der Waals surface area contributed by atoms with Gasteiger partial charge >= 0.3 is 0 Å². The number of nitriles is 1. The van der Waals surface area contributed by atoms with E-state index < -0.39 is 0 Å². The highest BCUT2D eigenvalue weighted by Gasteiger charge is 2.15. The summed E-state index contributed by atoms with van der Waals surface area (Å²) in [6.07, 6.45) is 12.2. The number of nitrogens with zero attached hydrogens (tertiary/aromatic N) is 2. The summed E-state index contributed by atoms with van der Waals surface area (Å²) < 4.78 is 0. The van der Waals surface area contributed by atoms with Gasteiger partial charge in [-0.1, -0.05) is 46.5 Å². The summed E-state index contributed by atoms with van der Waals surface area (Å²) in [7, 11) is 0. The van der Waals surface area contributed by atoms with Gasteiger partial charge < -0.3 is 0 Å². The molecule has 0 aliphatic carbocycles. The summed E-state index contributed by atoms with van der Waals surface area (Å²) in [5, 5.41) is 9.18. The second-order valence-corrected chi connectivity index (χ2v) is 5.17. The van der Waals surface area contributed by atoms with Crippen molar-refractivity contribution in [2.24, 2.45) is 0 Å². The smallest absolute Gasteiger partial charge is 0.101 e. The van der Waals surface area contributed by atoms with E-state index in [2.05, 4.69) is 31.8 Å². The molecule has 0 bridgehead atoms. The highest BCUT2D eigenvalue weighted by Crippen LogP contribution is 2.29. The SMILES string of the molecule is CCCCCCC(CC)c1cncc(C#N)c1CC. The topological polar surface area (TPSA) is 36.7 Å². The quantitative estimate of drug-likeness (QED) is 0.617. The number of pyridine rings is 1. The fraction of sp³-hybridized carbons (Fsp3) is 0.647. The van der Waals surface area contributed by atoms with Crippen LogP contribution in [0.1, 0.15) is 81.9 Å². The number of hydrogen-bond acceptors (Lipinski definition) is 2. The van der Waals surface area contributed by atoms with Crippen LogP contribution in [0.25, 0.3) is 0 Å². The Morgan fingerprint density at radius 3 is 2.53 bits per heavy atom. The molecule has 0 radical (unpaired) electrons. The lowest BCUT2D eigenvalue weighted by atomic mass is 9.87. The molecule has 104 valence electrons. The minimum atomic E-state index is 0.563. The van der Waals surface area contributed by atoms with Crippen molar-refractivity contribution in [3.05, 3.63) is 29.1 Å². The van der Waals surface area contributed by atoms with E-state index in [9.17, 15) is 5.26 Å². The Hall–Kier alpha value is -1.36. The first-order chi connectivity index (χ1) is 9.28. The molecule has 0 fully saturated rings. The van der Waals surface area contributed by atoms with Gasteiger partial charge in [-0.3, -0.25) is 4.98 Å². The Balaban J connectivity index is 2.83. The maximum absolute atomic E-state index is 9.18. The lowest BCUT2D eigenvalue weighted by molar-refractivity contribution is 0.538. The Morgan fingerprint density at radius 1 is 1.16 bits per heavy atom. The largest absolute Gasteiger partial charge is 0.263 e. The highest BCUT2D eigenvalue weighted by molar-refractivity contribution is 5.41. The Labute approximate surface area is 117 Å². The Kier molecular flexibility index (Phi) is 7.18. The van der Waals surface area contributed by atoms with Crippen LogP contribution in [0.5, 0.6) is 0 Å². The van der Waals surface area contributed by atoms with E-state index in [0.29, 0.717) is 5.92 Å². The molecule has 0 saturated heterocycles. The zero-order chi connectivity index (χ0) is 14.1. The second kappa shape index (κ2) is 8.69. The van der Waals surface area contributed by atoms with Crippen LogP contribution in [0.3, 0.4) is 0 Å². The van der Waals surface area contributed by atoms with Crippen molar-refractivity contribution in [2.75, 3.05) is 0 Å². The van der Waals surface area contributed by atoms with Crippen molar-refractivity contribution in [1.29, 1.82) is 5.26 Å². The molecule has 0 N–H and O–H groups in total. The molecule has 19 heavy (non-hydrogen) atoms. The first kappa shape index (κ1) is 15.7. The summed E-state index contributed by atoms with van der Waals surface area (Å²) in [6.45, 7) is 6.61. The van der Waals surface area contributed by atoms with Crippen LogP contribution in [0.15, 0.2) is 12.4 Å². The molecule has 0 aliphatic heterocycles. The molecule has 2 nitrogen and oxygen atoms in total. The van der Waals surface area contributed by atoms with Crippen molar-refractivity contribution in [3.8, 4) is 6.07 Å². The van der Waals surface area contributed by atoms with E-state index in [4.69, 9.17) is 0 Å². The third kappa shape index (κ3) is 4.35. The van der Waals surface area contributed by atoms with Crippen LogP contribution >= 0.6 is 0 Å². The standard InChI is InChI=1S/C17H26N2/c1-4-7-8-9-10-14(5-2)17-13-19-12-15(11-18)16(17)6-3/h12-14H,4-10H2,1-3H3. The maximum Gasteiger partial charge on any atom is 0.101 e. The average Bonchev–Trinajstić information content (AvgIpc) is 2.46. The lowest BCUT2D eigenvalue weighted by Crippen LogP contribution is -2.05. The highest BCUT2D eigenvalue weighted by atomic mass is 14.6. The van der Waals surface area contributed by atoms with Crippen LogP contribution < -0.4 is 0 Å². The fourth-order valence-electron chi connectivity index (χ4n) is 2.74. The molecule has 0 spiro atoms. The normalized spacial score (nSPS) is 12.1. The molecular weight excluding hydrogens is 232 g/mol. The van der Waals surface area contributed by atoms with Gasteiger partial charge in [0.2, 0.25) is 0 Å². The van der Waals surface area contributed by atoms with Gasteiger partial charge in [-0.2, -0.15) is 5.26 Å². The van der Waals surface area contributed by atoms with Gasteiger partial charge in [0.25, 0.3) is 0 Å². The van der Waals surface area contributed by atoms with Crippen molar-refractivity contribution in [3.63, 3.8) is 0 Å². The molecule has 1 unspecified atom stereocenters. The molecular formula is C17H26N2. The van der Waals surface area contributed by atoms with E-state index in [-0.39, 0.29) is 0 Å². The predicted molar refractivity (Wildman–Crippen MR) is 80.1 cm³/mol. The molecule has 1 rings (SSSR count).